The number of allylic oxidation sites excluding steroid dienone is 2. The summed E-state index contributed by atoms with van der Waals surface area (Å²) in [7, 11) is 0. The van der Waals surface area contributed by atoms with Crippen LogP contribution in [0.2, 0.25) is 0 Å². The number of amides is 5. The van der Waals surface area contributed by atoms with Crippen molar-refractivity contribution in [2.75, 3.05) is 6.54 Å². The van der Waals surface area contributed by atoms with Crippen LogP contribution in [0.3, 0.4) is 0 Å². The summed E-state index contributed by atoms with van der Waals surface area (Å²) in [5, 5.41) is 4.76. The van der Waals surface area contributed by atoms with E-state index < -0.39 is 11.9 Å². The average Bonchev–Trinajstić information content (AvgIpc) is 3.23. The standard InChI is InChI=1S/C14H17N3O4/c18-11(16-14(21)15-8-5-6-8)7-17-12(19)9-3-1-2-4-10(9)13(17)20/h1-2,8-10H,3-7H2,(H2,15,16,18,21)/t9-,10-/m0/s1. The molecule has 21 heavy (non-hydrogen) atoms. The van der Waals surface area contributed by atoms with Gasteiger partial charge in [0.25, 0.3) is 0 Å². The molecule has 0 aromatic carbocycles. The summed E-state index contributed by atoms with van der Waals surface area (Å²) in [5.41, 5.74) is 0. The monoisotopic (exact) mass is 291 g/mol. The maximum absolute atomic E-state index is 12.1. The molecule has 3 aliphatic rings. The minimum absolute atomic E-state index is 0.141. The number of carbonyl (C=O) groups excluding carboxylic acids is 4. The number of imide groups is 2. The van der Waals surface area contributed by atoms with Crippen molar-refractivity contribution in [1.82, 2.24) is 15.5 Å². The zero-order chi connectivity index (χ0) is 15.0. The van der Waals surface area contributed by atoms with Crippen LogP contribution in [0.5, 0.6) is 0 Å². The second kappa shape index (κ2) is 5.31. The van der Waals surface area contributed by atoms with Crippen LogP contribution in [0.4, 0.5) is 4.79 Å². The van der Waals surface area contributed by atoms with Crippen molar-refractivity contribution in [1.29, 1.82) is 0 Å². The smallest absolute Gasteiger partial charge is 0.321 e. The van der Waals surface area contributed by atoms with Crippen LogP contribution in [-0.2, 0) is 14.4 Å². The maximum atomic E-state index is 12.1. The number of nitrogens with zero attached hydrogens (tertiary/aromatic N) is 1. The van der Waals surface area contributed by atoms with Gasteiger partial charge in [0.15, 0.2) is 0 Å². The molecule has 2 atom stereocenters. The number of urea groups is 1. The van der Waals surface area contributed by atoms with Gasteiger partial charge in [-0.25, -0.2) is 4.79 Å². The van der Waals surface area contributed by atoms with Gasteiger partial charge >= 0.3 is 6.03 Å². The Morgan fingerprint density at radius 1 is 1.10 bits per heavy atom. The van der Waals surface area contributed by atoms with Crippen LogP contribution < -0.4 is 10.6 Å². The Kier molecular flexibility index (Phi) is 3.48. The number of likely N-dealkylation sites (tertiary alicyclic amines) is 1. The van der Waals surface area contributed by atoms with Gasteiger partial charge in [0.05, 0.1) is 11.8 Å². The van der Waals surface area contributed by atoms with Crippen molar-refractivity contribution >= 4 is 23.8 Å². The molecule has 0 aromatic rings. The van der Waals surface area contributed by atoms with Gasteiger partial charge in [-0.05, 0) is 25.7 Å². The van der Waals surface area contributed by atoms with Gasteiger partial charge in [0, 0.05) is 6.04 Å². The lowest BCUT2D eigenvalue weighted by Crippen LogP contribution is -2.46. The fourth-order valence-electron chi connectivity index (χ4n) is 2.78. The number of fused-ring (bicyclic) bond motifs is 1. The van der Waals surface area contributed by atoms with Gasteiger partial charge in [-0.15, -0.1) is 0 Å². The van der Waals surface area contributed by atoms with Gasteiger partial charge < -0.3 is 5.32 Å². The number of rotatable bonds is 3. The molecule has 0 radical (unpaired) electrons. The molecule has 1 heterocycles. The third kappa shape index (κ3) is 2.81. The lowest BCUT2D eigenvalue weighted by molar-refractivity contribution is -0.143. The van der Waals surface area contributed by atoms with Gasteiger partial charge in [0.1, 0.15) is 6.54 Å². The van der Waals surface area contributed by atoms with Crippen LogP contribution >= 0.6 is 0 Å². The fraction of sp³-hybridized carbons (Fsp3) is 0.571. The molecular weight excluding hydrogens is 274 g/mol. The Morgan fingerprint density at radius 2 is 1.67 bits per heavy atom. The SMILES string of the molecule is O=C(CN1C(=O)[C@H]2CC=CC[C@@H]2C1=O)NC(=O)NC1CC1. The first-order chi connectivity index (χ1) is 10.1. The van der Waals surface area contributed by atoms with E-state index in [4.69, 9.17) is 0 Å². The second-order valence-electron chi connectivity index (χ2n) is 5.71. The minimum Gasteiger partial charge on any atom is -0.335 e. The summed E-state index contributed by atoms with van der Waals surface area (Å²) >= 11 is 0. The van der Waals surface area contributed by atoms with Gasteiger partial charge in [-0.3, -0.25) is 24.6 Å². The molecule has 0 spiro atoms. The van der Waals surface area contributed by atoms with Crippen LogP contribution in [0.25, 0.3) is 0 Å². The highest BCUT2D eigenvalue weighted by molar-refractivity contribution is 6.08. The largest absolute Gasteiger partial charge is 0.335 e. The van der Waals surface area contributed by atoms with Gasteiger partial charge in [-0.2, -0.15) is 0 Å². The fourth-order valence-corrected chi connectivity index (χ4v) is 2.78. The third-order valence-electron chi connectivity index (χ3n) is 4.07. The molecule has 2 aliphatic carbocycles. The highest BCUT2D eigenvalue weighted by Gasteiger charge is 2.47. The van der Waals surface area contributed by atoms with Crippen molar-refractivity contribution in [3.63, 3.8) is 0 Å². The summed E-state index contributed by atoms with van der Waals surface area (Å²) in [5.74, 6) is -1.97. The molecule has 1 saturated heterocycles. The van der Waals surface area contributed by atoms with Crippen molar-refractivity contribution in [3.8, 4) is 0 Å². The number of hydrogen-bond acceptors (Lipinski definition) is 4. The molecule has 7 heteroatoms. The Balaban J connectivity index is 1.56. The van der Waals surface area contributed by atoms with E-state index in [1.807, 2.05) is 12.2 Å². The minimum atomic E-state index is -0.638. The highest BCUT2D eigenvalue weighted by atomic mass is 16.2. The van der Waals surface area contributed by atoms with Crippen molar-refractivity contribution in [3.05, 3.63) is 12.2 Å². The number of nitrogens with one attached hydrogen (secondary N) is 2. The summed E-state index contributed by atoms with van der Waals surface area (Å²) in [6.07, 6.45) is 6.69. The lowest BCUT2D eigenvalue weighted by atomic mass is 9.85. The van der Waals surface area contributed by atoms with E-state index in [-0.39, 0.29) is 36.2 Å². The van der Waals surface area contributed by atoms with E-state index in [0.29, 0.717) is 12.8 Å². The van der Waals surface area contributed by atoms with Crippen LogP contribution in [-0.4, -0.2) is 41.2 Å². The van der Waals surface area contributed by atoms with Crippen LogP contribution in [0, 0.1) is 11.8 Å². The van der Waals surface area contributed by atoms with Gasteiger partial charge in [0.2, 0.25) is 17.7 Å². The van der Waals surface area contributed by atoms with Crippen LogP contribution in [0.1, 0.15) is 25.7 Å². The second-order valence-corrected chi connectivity index (χ2v) is 5.71. The molecule has 0 unspecified atom stereocenters. The number of carbonyl (C=O) groups is 4. The molecule has 1 aliphatic heterocycles. The molecule has 5 amide bonds. The van der Waals surface area contributed by atoms with Crippen molar-refractivity contribution in [2.24, 2.45) is 11.8 Å². The summed E-state index contributed by atoms with van der Waals surface area (Å²) in [6, 6.07) is -0.428. The molecule has 7 nitrogen and oxygen atoms in total. The molecule has 2 N–H and O–H groups in total. The number of hydrogen-bond donors (Lipinski definition) is 2. The van der Waals surface area contributed by atoms with E-state index in [9.17, 15) is 19.2 Å². The lowest BCUT2D eigenvalue weighted by Gasteiger charge is -2.14. The molecule has 0 aromatic heterocycles. The molecule has 0 bridgehead atoms. The summed E-state index contributed by atoms with van der Waals surface area (Å²) in [6.45, 7) is -0.386. The van der Waals surface area contributed by atoms with E-state index in [0.717, 1.165) is 17.7 Å². The first-order valence-corrected chi connectivity index (χ1v) is 7.17. The first-order valence-electron chi connectivity index (χ1n) is 7.17. The molecule has 112 valence electrons. The normalized spacial score (nSPS) is 27.5. The Bertz CT molecular complexity index is 512. The zero-order valence-electron chi connectivity index (χ0n) is 11.5. The van der Waals surface area contributed by atoms with E-state index in [1.165, 1.54) is 0 Å². The Morgan fingerprint density at radius 3 is 2.19 bits per heavy atom. The quantitative estimate of drug-likeness (QED) is 0.562. The van der Waals surface area contributed by atoms with E-state index in [1.54, 1.807) is 0 Å². The first kappa shape index (κ1) is 13.8. The van der Waals surface area contributed by atoms with Crippen molar-refractivity contribution < 1.29 is 19.2 Å². The third-order valence-corrected chi connectivity index (χ3v) is 4.07. The topological polar surface area (TPSA) is 95.6 Å². The molecular formula is C14H17N3O4. The predicted octanol–water partition coefficient (Wildman–Crippen LogP) is -0.0742. The van der Waals surface area contributed by atoms with E-state index >= 15 is 0 Å². The average molecular weight is 291 g/mol. The van der Waals surface area contributed by atoms with Crippen LogP contribution in [0.15, 0.2) is 12.2 Å². The Hall–Kier alpha value is -2.18. The predicted molar refractivity (Wildman–Crippen MR) is 71.8 cm³/mol. The van der Waals surface area contributed by atoms with Gasteiger partial charge in [-0.1, -0.05) is 12.2 Å². The zero-order valence-corrected chi connectivity index (χ0v) is 11.5. The molecule has 2 fully saturated rings. The Labute approximate surface area is 121 Å². The maximum Gasteiger partial charge on any atom is 0.321 e. The highest BCUT2D eigenvalue weighted by Crippen LogP contribution is 2.34. The summed E-state index contributed by atoms with van der Waals surface area (Å²) < 4.78 is 0. The van der Waals surface area contributed by atoms with E-state index in [2.05, 4.69) is 10.6 Å². The summed E-state index contributed by atoms with van der Waals surface area (Å²) in [4.78, 5) is 48.5. The molecule has 1 saturated carbocycles. The van der Waals surface area contributed by atoms with Crippen molar-refractivity contribution in [2.45, 2.75) is 31.7 Å². The molecule has 3 rings (SSSR count).